The summed E-state index contributed by atoms with van der Waals surface area (Å²) in [6.45, 7) is 6.36. The van der Waals surface area contributed by atoms with Crippen molar-refractivity contribution in [1.82, 2.24) is 9.88 Å². The van der Waals surface area contributed by atoms with Gasteiger partial charge in [-0.15, -0.1) is 0 Å². The van der Waals surface area contributed by atoms with Crippen LogP contribution in [0.25, 0.3) is 0 Å². The number of morpholine rings is 1. The summed E-state index contributed by atoms with van der Waals surface area (Å²) in [4.78, 5) is 28.9. The van der Waals surface area contributed by atoms with E-state index < -0.39 is 23.7 Å². The average molecular weight is 381 g/mol. The molecule has 140 valence electrons. The van der Waals surface area contributed by atoms with Crippen LogP contribution in [0.1, 0.15) is 36.7 Å². The number of rotatable bonds is 1. The molecule has 1 fully saturated rings. The molecule has 1 aromatic rings. The minimum Gasteiger partial charge on any atom is -0.444 e. The Morgan fingerprint density at radius 1 is 1.46 bits per heavy atom. The summed E-state index contributed by atoms with van der Waals surface area (Å²) in [5.74, 6) is 4.98. The largest absolute Gasteiger partial charge is 0.444 e. The molecular weight excluding hydrogens is 360 g/mol. The molecule has 0 spiro atoms. The molecule has 0 bridgehead atoms. The van der Waals surface area contributed by atoms with E-state index in [1.54, 1.807) is 20.8 Å². The minimum atomic E-state index is -0.726. The predicted molar refractivity (Wildman–Crippen MR) is 96.6 cm³/mol. The first-order valence-corrected chi connectivity index (χ1v) is 8.31. The number of hydrogen-bond donors (Lipinski definition) is 2. The van der Waals surface area contributed by atoms with E-state index in [9.17, 15) is 9.59 Å². The highest BCUT2D eigenvalue weighted by atomic mass is 35.5. The van der Waals surface area contributed by atoms with Crippen LogP contribution in [0.15, 0.2) is 6.20 Å². The highest BCUT2D eigenvalue weighted by molar-refractivity contribution is 6.35. The maximum atomic E-state index is 12.2. The molecule has 1 atom stereocenters. The van der Waals surface area contributed by atoms with E-state index in [1.807, 2.05) is 0 Å². The Bertz CT molecular complexity index is 779. The molecule has 4 N–H and O–H groups in total. The second-order valence-corrected chi connectivity index (χ2v) is 7.04. The van der Waals surface area contributed by atoms with Gasteiger partial charge in [0.1, 0.15) is 17.5 Å². The number of hydrogen-bond acceptors (Lipinski definition) is 6. The molecule has 1 aliphatic rings. The standard InChI is InChI=1S/C17H21ClN4O4/c1-17(2,3)26-16(24)22-6-7-25-10(9-22)4-5-11-13(18)12(15(20)23)8-21-14(11)19/h8,10H,6-7,9H2,1-3H3,(H2,19,21)(H2,20,23)/t10-/m0/s1. The third-order valence-corrected chi connectivity index (χ3v) is 3.78. The maximum Gasteiger partial charge on any atom is 0.410 e. The molecule has 1 saturated heterocycles. The molecule has 0 unspecified atom stereocenters. The number of nitrogens with two attached hydrogens (primary N) is 2. The molecule has 0 radical (unpaired) electrons. The third-order valence-electron chi connectivity index (χ3n) is 3.39. The summed E-state index contributed by atoms with van der Waals surface area (Å²) in [7, 11) is 0. The molecule has 26 heavy (non-hydrogen) atoms. The van der Waals surface area contributed by atoms with Crippen molar-refractivity contribution in [3.8, 4) is 11.8 Å². The summed E-state index contributed by atoms with van der Waals surface area (Å²) in [6.07, 6.45) is 0.221. The van der Waals surface area contributed by atoms with Crippen molar-refractivity contribution < 1.29 is 19.1 Å². The fourth-order valence-corrected chi connectivity index (χ4v) is 2.46. The first kappa shape index (κ1) is 19.8. The maximum absolute atomic E-state index is 12.2. The summed E-state index contributed by atoms with van der Waals surface area (Å²) in [5, 5.41) is 0.0392. The zero-order chi connectivity index (χ0) is 19.5. The van der Waals surface area contributed by atoms with E-state index in [0.29, 0.717) is 13.2 Å². The zero-order valence-corrected chi connectivity index (χ0v) is 15.6. The van der Waals surface area contributed by atoms with Gasteiger partial charge >= 0.3 is 6.09 Å². The van der Waals surface area contributed by atoms with Crippen LogP contribution in [0.2, 0.25) is 5.02 Å². The normalized spacial score (nSPS) is 17.2. The second kappa shape index (κ2) is 7.81. The zero-order valence-electron chi connectivity index (χ0n) is 14.8. The Balaban J connectivity index is 2.16. The van der Waals surface area contributed by atoms with Crippen LogP contribution in [0.5, 0.6) is 0 Å². The van der Waals surface area contributed by atoms with Crippen LogP contribution in [0.4, 0.5) is 10.6 Å². The van der Waals surface area contributed by atoms with E-state index in [0.717, 1.165) is 0 Å². The van der Waals surface area contributed by atoms with Crippen LogP contribution in [-0.2, 0) is 9.47 Å². The van der Waals surface area contributed by atoms with Gasteiger partial charge in [0.05, 0.1) is 29.3 Å². The molecular formula is C17H21ClN4O4. The first-order valence-electron chi connectivity index (χ1n) is 7.93. The molecule has 1 aliphatic heterocycles. The molecule has 2 rings (SSSR count). The smallest absolute Gasteiger partial charge is 0.410 e. The van der Waals surface area contributed by atoms with Gasteiger partial charge in [0.15, 0.2) is 0 Å². The van der Waals surface area contributed by atoms with Crippen molar-refractivity contribution in [1.29, 1.82) is 0 Å². The van der Waals surface area contributed by atoms with Crippen LogP contribution in [-0.4, -0.2) is 53.3 Å². The van der Waals surface area contributed by atoms with Gasteiger partial charge in [-0.3, -0.25) is 4.79 Å². The topological polar surface area (TPSA) is 121 Å². The van der Waals surface area contributed by atoms with Gasteiger partial charge in [0, 0.05) is 12.7 Å². The fraction of sp³-hybridized carbons (Fsp3) is 0.471. The van der Waals surface area contributed by atoms with E-state index in [-0.39, 0.29) is 28.5 Å². The Kier molecular flexibility index (Phi) is 5.95. The van der Waals surface area contributed by atoms with E-state index in [2.05, 4.69) is 16.8 Å². The number of anilines is 1. The molecule has 1 aromatic heterocycles. The van der Waals surface area contributed by atoms with Crippen molar-refractivity contribution in [3.63, 3.8) is 0 Å². The van der Waals surface area contributed by atoms with Gasteiger partial charge in [-0.1, -0.05) is 23.4 Å². The third kappa shape index (κ3) is 5.00. The lowest BCUT2D eigenvalue weighted by atomic mass is 10.1. The lowest BCUT2D eigenvalue weighted by Gasteiger charge is -2.32. The minimum absolute atomic E-state index is 0.0325. The number of nitrogens with zero attached hydrogens (tertiary/aromatic N) is 2. The fourth-order valence-electron chi connectivity index (χ4n) is 2.17. The van der Waals surface area contributed by atoms with Crippen LogP contribution in [0, 0.1) is 11.8 Å². The predicted octanol–water partition coefficient (Wildman–Crippen LogP) is 1.40. The number of carbonyl (C=O) groups excluding carboxylic acids is 2. The Morgan fingerprint density at radius 2 is 2.15 bits per heavy atom. The monoisotopic (exact) mass is 380 g/mol. The van der Waals surface area contributed by atoms with Crippen LogP contribution < -0.4 is 11.5 Å². The van der Waals surface area contributed by atoms with Crippen molar-refractivity contribution in [2.45, 2.75) is 32.5 Å². The highest BCUT2D eigenvalue weighted by Crippen LogP contribution is 2.23. The quantitative estimate of drug-likeness (QED) is 0.710. The number of halogens is 1. The molecule has 8 nitrogen and oxygen atoms in total. The van der Waals surface area contributed by atoms with E-state index in [1.165, 1.54) is 11.1 Å². The van der Waals surface area contributed by atoms with Gasteiger partial charge in [0.2, 0.25) is 0 Å². The van der Waals surface area contributed by atoms with Crippen molar-refractivity contribution in [3.05, 3.63) is 22.3 Å². The van der Waals surface area contributed by atoms with E-state index in [4.69, 9.17) is 32.5 Å². The van der Waals surface area contributed by atoms with Crippen LogP contribution >= 0.6 is 11.6 Å². The van der Waals surface area contributed by atoms with Crippen molar-refractivity contribution >= 4 is 29.4 Å². The van der Waals surface area contributed by atoms with Crippen molar-refractivity contribution in [2.24, 2.45) is 5.73 Å². The SMILES string of the molecule is CC(C)(C)OC(=O)N1CCO[C@@H](C#Cc2c(N)ncc(C(N)=O)c2Cl)C1. The number of primary amides is 1. The van der Waals surface area contributed by atoms with Gasteiger partial charge in [-0.05, 0) is 20.8 Å². The molecule has 9 heteroatoms. The van der Waals surface area contributed by atoms with E-state index >= 15 is 0 Å². The van der Waals surface area contributed by atoms with Gasteiger partial charge < -0.3 is 25.8 Å². The summed E-state index contributed by atoms with van der Waals surface area (Å²) >= 11 is 6.13. The lowest BCUT2D eigenvalue weighted by Crippen LogP contribution is -2.47. The number of ether oxygens (including phenoxy) is 2. The molecule has 2 amide bonds. The summed E-state index contributed by atoms with van der Waals surface area (Å²) < 4.78 is 10.9. The first-order chi connectivity index (χ1) is 12.1. The number of carbonyl (C=O) groups is 2. The number of aromatic nitrogens is 1. The van der Waals surface area contributed by atoms with Crippen LogP contribution in [0.3, 0.4) is 0 Å². The second-order valence-electron chi connectivity index (χ2n) is 6.67. The molecule has 0 saturated carbocycles. The Morgan fingerprint density at radius 3 is 2.77 bits per heavy atom. The average Bonchev–Trinajstić information content (AvgIpc) is 2.53. The van der Waals surface area contributed by atoms with Gasteiger partial charge in [-0.2, -0.15) is 0 Å². The molecule has 2 heterocycles. The number of nitrogen functional groups attached to an aromatic ring is 1. The lowest BCUT2D eigenvalue weighted by molar-refractivity contribution is -0.0236. The highest BCUT2D eigenvalue weighted by Gasteiger charge is 2.27. The van der Waals surface area contributed by atoms with Gasteiger partial charge in [0.25, 0.3) is 5.91 Å². The summed E-state index contributed by atoms with van der Waals surface area (Å²) in [5.41, 5.74) is 10.7. The Labute approximate surface area is 156 Å². The molecule has 0 aromatic carbocycles. The number of pyridine rings is 1. The summed E-state index contributed by atoms with van der Waals surface area (Å²) in [6, 6.07) is 0. The van der Waals surface area contributed by atoms with Gasteiger partial charge in [-0.25, -0.2) is 9.78 Å². The molecule has 0 aliphatic carbocycles. The number of amides is 2. The Hall–Kier alpha value is -2.50. The van der Waals surface area contributed by atoms with Crippen molar-refractivity contribution in [2.75, 3.05) is 25.4 Å².